The van der Waals surface area contributed by atoms with Gasteiger partial charge in [-0.15, -0.1) is 0 Å². The largest absolute Gasteiger partial charge is 0.481 e. The Morgan fingerprint density at radius 3 is 1.71 bits per heavy atom. The van der Waals surface area contributed by atoms with Crippen LogP contribution in [-0.4, -0.2) is 25.5 Å². The van der Waals surface area contributed by atoms with Crippen molar-refractivity contribution < 1.29 is 18.3 Å². The number of carboxylic acid groups (broad SMARTS) is 1. The second-order valence-electron chi connectivity index (χ2n) is 6.96. The first-order valence-corrected chi connectivity index (χ1v) is 9.86. The van der Waals surface area contributed by atoms with E-state index >= 15 is 0 Å². The highest BCUT2D eigenvalue weighted by Gasteiger charge is 2.30. The van der Waals surface area contributed by atoms with Gasteiger partial charge in [0.15, 0.2) is 0 Å². The van der Waals surface area contributed by atoms with E-state index in [1.165, 1.54) is 0 Å². The Bertz CT molecular complexity index is 731. The summed E-state index contributed by atoms with van der Waals surface area (Å²) in [6.07, 6.45) is 2.18. The first-order chi connectivity index (χ1) is 11.1. The van der Waals surface area contributed by atoms with Crippen LogP contribution in [0.2, 0.25) is 0 Å². The number of carboxylic acids is 1. The topological polar surface area (TPSA) is 83.5 Å². The van der Waals surface area contributed by atoms with Crippen molar-refractivity contribution in [1.29, 1.82) is 0 Å². The number of benzene rings is 1. The van der Waals surface area contributed by atoms with Crippen molar-refractivity contribution in [2.75, 3.05) is 0 Å². The van der Waals surface area contributed by atoms with Gasteiger partial charge in [-0.25, -0.2) is 13.1 Å². The predicted molar refractivity (Wildman–Crippen MR) is 93.8 cm³/mol. The summed E-state index contributed by atoms with van der Waals surface area (Å²) < 4.78 is 28.7. The molecule has 0 amide bonds. The monoisotopic (exact) mass is 353 g/mol. The van der Waals surface area contributed by atoms with E-state index in [0.29, 0.717) is 30.6 Å². The molecule has 0 radical (unpaired) electrons. The third-order valence-corrected chi connectivity index (χ3v) is 7.39. The average molecular weight is 353 g/mol. The van der Waals surface area contributed by atoms with Crippen LogP contribution in [0.5, 0.6) is 0 Å². The van der Waals surface area contributed by atoms with Crippen molar-refractivity contribution in [2.24, 2.45) is 5.92 Å². The van der Waals surface area contributed by atoms with Crippen LogP contribution in [0.1, 0.15) is 53.5 Å². The molecule has 2 N–H and O–H groups in total. The maximum absolute atomic E-state index is 12.9. The summed E-state index contributed by atoms with van der Waals surface area (Å²) >= 11 is 0. The van der Waals surface area contributed by atoms with Crippen molar-refractivity contribution in [3.63, 3.8) is 0 Å². The highest BCUT2D eigenvalue weighted by atomic mass is 32.2. The zero-order valence-corrected chi connectivity index (χ0v) is 15.9. The summed E-state index contributed by atoms with van der Waals surface area (Å²) in [5, 5.41) is 9.06. The third kappa shape index (κ3) is 3.49. The van der Waals surface area contributed by atoms with Gasteiger partial charge in [0, 0.05) is 6.04 Å². The van der Waals surface area contributed by atoms with E-state index in [4.69, 9.17) is 5.11 Å². The number of hydrogen-bond acceptors (Lipinski definition) is 3. The van der Waals surface area contributed by atoms with Gasteiger partial charge in [0.1, 0.15) is 0 Å². The molecule has 1 aliphatic rings. The fraction of sp³-hybridized carbons (Fsp3) is 0.611. The maximum atomic E-state index is 12.9. The van der Waals surface area contributed by atoms with Gasteiger partial charge in [-0.1, -0.05) is 0 Å². The van der Waals surface area contributed by atoms with Crippen LogP contribution in [0.4, 0.5) is 0 Å². The third-order valence-electron chi connectivity index (χ3n) is 5.60. The van der Waals surface area contributed by atoms with E-state index < -0.39 is 16.0 Å². The Labute approximate surface area is 144 Å². The quantitative estimate of drug-likeness (QED) is 0.871. The molecule has 1 aromatic carbocycles. The molecule has 0 spiro atoms. The molecule has 134 valence electrons. The molecule has 1 aromatic rings. The van der Waals surface area contributed by atoms with Gasteiger partial charge in [0.2, 0.25) is 10.0 Å². The fourth-order valence-corrected chi connectivity index (χ4v) is 5.51. The Morgan fingerprint density at radius 1 is 0.875 bits per heavy atom. The molecule has 0 aliphatic heterocycles. The molecule has 1 aliphatic carbocycles. The Balaban J connectivity index is 2.28. The van der Waals surface area contributed by atoms with Gasteiger partial charge in [0.25, 0.3) is 0 Å². The van der Waals surface area contributed by atoms with Gasteiger partial charge >= 0.3 is 5.97 Å². The van der Waals surface area contributed by atoms with E-state index in [1.54, 1.807) is 0 Å². The van der Waals surface area contributed by atoms with E-state index in [2.05, 4.69) is 4.72 Å². The molecule has 0 saturated heterocycles. The number of sulfonamides is 1. The highest BCUT2D eigenvalue weighted by molar-refractivity contribution is 7.89. The maximum Gasteiger partial charge on any atom is 0.306 e. The van der Waals surface area contributed by atoms with Crippen molar-refractivity contribution >= 4 is 16.0 Å². The number of nitrogens with one attached hydrogen (secondary N) is 1. The lowest BCUT2D eigenvalue weighted by atomic mass is 9.87. The van der Waals surface area contributed by atoms with Crippen molar-refractivity contribution in [1.82, 2.24) is 4.72 Å². The van der Waals surface area contributed by atoms with Crippen LogP contribution in [0.25, 0.3) is 0 Å². The van der Waals surface area contributed by atoms with Crippen molar-refractivity contribution in [3.05, 3.63) is 27.8 Å². The van der Waals surface area contributed by atoms with Crippen LogP contribution >= 0.6 is 0 Å². The van der Waals surface area contributed by atoms with Crippen LogP contribution in [0.3, 0.4) is 0 Å². The van der Waals surface area contributed by atoms with E-state index in [-0.39, 0.29) is 12.0 Å². The Hall–Kier alpha value is -1.40. The first kappa shape index (κ1) is 18.9. The number of rotatable bonds is 4. The minimum absolute atomic E-state index is 0.189. The molecule has 0 unspecified atom stereocenters. The van der Waals surface area contributed by atoms with Gasteiger partial charge in [-0.2, -0.15) is 0 Å². The SMILES string of the molecule is Cc1c(C)c(C)c(S(=O)(=O)NC2CCC(C(=O)O)CC2)c(C)c1C. The highest BCUT2D eigenvalue weighted by Crippen LogP contribution is 2.31. The molecule has 0 heterocycles. The van der Waals surface area contributed by atoms with E-state index in [9.17, 15) is 13.2 Å². The second-order valence-corrected chi connectivity index (χ2v) is 8.61. The molecule has 0 aromatic heterocycles. The average Bonchev–Trinajstić information content (AvgIpc) is 2.51. The molecule has 5 nitrogen and oxygen atoms in total. The summed E-state index contributed by atoms with van der Waals surface area (Å²) in [7, 11) is -3.62. The minimum atomic E-state index is -3.62. The molecular weight excluding hydrogens is 326 g/mol. The van der Waals surface area contributed by atoms with Crippen LogP contribution in [-0.2, 0) is 14.8 Å². The first-order valence-electron chi connectivity index (χ1n) is 8.38. The molecule has 2 rings (SSSR count). The van der Waals surface area contributed by atoms with Crippen LogP contribution < -0.4 is 4.72 Å². The number of carbonyl (C=O) groups is 1. The summed E-state index contributed by atoms with van der Waals surface area (Å²) in [5.41, 5.74) is 4.73. The van der Waals surface area contributed by atoms with Gasteiger partial charge in [0.05, 0.1) is 10.8 Å². The fourth-order valence-electron chi connectivity index (χ4n) is 3.61. The smallest absolute Gasteiger partial charge is 0.306 e. The van der Waals surface area contributed by atoms with Gasteiger partial charge in [-0.05, 0) is 88.1 Å². The van der Waals surface area contributed by atoms with Crippen LogP contribution in [0, 0.1) is 40.5 Å². The molecule has 1 saturated carbocycles. The number of aliphatic carboxylic acids is 1. The lowest BCUT2D eigenvalue weighted by Gasteiger charge is -2.28. The van der Waals surface area contributed by atoms with Gasteiger partial charge < -0.3 is 5.11 Å². The van der Waals surface area contributed by atoms with Gasteiger partial charge in [-0.3, -0.25) is 4.79 Å². The second kappa shape index (κ2) is 6.84. The normalized spacial score (nSPS) is 21.7. The summed E-state index contributed by atoms with van der Waals surface area (Å²) in [5.74, 6) is -1.13. The zero-order valence-electron chi connectivity index (χ0n) is 15.1. The minimum Gasteiger partial charge on any atom is -0.481 e. The molecule has 6 heteroatoms. The van der Waals surface area contributed by atoms with Crippen molar-refractivity contribution in [2.45, 2.75) is 71.2 Å². The Morgan fingerprint density at radius 2 is 1.29 bits per heavy atom. The number of hydrogen-bond donors (Lipinski definition) is 2. The molecule has 1 fully saturated rings. The lowest BCUT2D eigenvalue weighted by molar-refractivity contribution is -0.142. The predicted octanol–water partition coefficient (Wildman–Crippen LogP) is 3.15. The standard InChI is InChI=1S/C18H27NO4S/c1-10-11(2)13(4)17(14(5)12(10)3)24(22,23)19-16-8-6-15(7-9-16)18(20)21/h15-16,19H,6-9H2,1-5H3,(H,20,21). The summed E-state index contributed by atoms with van der Waals surface area (Å²) in [6, 6.07) is -0.189. The molecule has 0 bridgehead atoms. The van der Waals surface area contributed by atoms with E-state index in [1.807, 2.05) is 34.6 Å². The van der Waals surface area contributed by atoms with Crippen molar-refractivity contribution in [3.8, 4) is 0 Å². The summed E-state index contributed by atoms with van der Waals surface area (Å²) in [6.45, 7) is 9.62. The van der Waals surface area contributed by atoms with E-state index in [0.717, 1.165) is 27.8 Å². The van der Waals surface area contributed by atoms with Crippen LogP contribution in [0.15, 0.2) is 4.90 Å². The molecular formula is C18H27NO4S. The molecule has 24 heavy (non-hydrogen) atoms. The summed E-state index contributed by atoms with van der Waals surface area (Å²) in [4.78, 5) is 11.4. The molecule has 0 atom stereocenters. The lowest BCUT2D eigenvalue weighted by Crippen LogP contribution is -2.39. The zero-order chi connectivity index (χ0) is 18.2. The Kier molecular flexibility index (Phi) is 5.40.